The molecule has 1 N–H and O–H groups in total. The van der Waals surface area contributed by atoms with Crippen LogP contribution in [0.5, 0.6) is 0 Å². The SMILES string of the molecule is CCCS(=O)(=O)NCC#CCN(C(C)C)C(C)C. The molecule has 0 saturated heterocycles. The van der Waals surface area contributed by atoms with Crippen molar-refractivity contribution in [3.8, 4) is 11.8 Å². The van der Waals surface area contributed by atoms with Crippen molar-refractivity contribution in [2.24, 2.45) is 0 Å². The Bertz CT molecular complexity index is 370. The minimum Gasteiger partial charge on any atom is -0.287 e. The second-order valence-corrected chi connectivity index (χ2v) is 6.78. The summed E-state index contributed by atoms with van der Waals surface area (Å²) in [5.41, 5.74) is 0. The van der Waals surface area contributed by atoms with Crippen LogP contribution in [0.15, 0.2) is 0 Å². The zero-order valence-electron chi connectivity index (χ0n) is 12.2. The zero-order valence-corrected chi connectivity index (χ0v) is 13.0. The first kappa shape index (κ1) is 17.4. The highest BCUT2D eigenvalue weighted by atomic mass is 32.2. The maximum absolute atomic E-state index is 11.4. The van der Waals surface area contributed by atoms with Crippen LogP contribution in [0.2, 0.25) is 0 Å². The molecule has 0 heterocycles. The lowest BCUT2D eigenvalue weighted by Gasteiger charge is -2.28. The average molecular weight is 274 g/mol. The molecule has 0 unspecified atom stereocenters. The van der Waals surface area contributed by atoms with Crippen molar-refractivity contribution in [3.63, 3.8) is 0 Å². The number of sulfonamides is 1. The summed E-state index contributed by atoms with van der Waals surface area (Å²) in [4.78, 5) is 2.26. The minimum atomic E-state index is -3.13. The van der Waals surface area contributed by atoms with E-state index in [1.165, 1.54) is 0 Å². The van der Waals surface area contributed by atoms with Crippen molar-refractivity contribution in [1.82, 2.24) is 9.62 Å². The molecule has 0 aliphatic heterocycles. The predicted molar refractivity (Wildman–Crippen MR) is 76.8 cm³/mol. The second kappa shape index (κ2) is 8.52. The van der Waals surface area contributed by atoms with Gasteiger partial charge in [0.1, 0.15) is 0 Å². The van der Waals surface area contributed by atoms with E-state index in [2.05, 4.69) is 49.2 Å². The molecule has 0 aromatic carbocycles. The lowest BCUT2D eigenvalue weighted by molar-refractivity contribution is 0.200. The normalized spacial score (nSPS) is 12.0. The van der Waals surface area contributed by atoms with E-state index in [1.807, 2.05) is 6.92 Å². The van der Waals surface area contributed by atoms with Gasteiger partial charge in [-0.1, -0.05) is 18.8 Å². The third kappa shape index (κ3) is 7.70. The highest BCUT2D eigenvalue weighted by Gasteiger charge is 2.11. The Labute approximate surface area is 112 Å². The van der Waals surface area contributed by atoms with Crippen LogP contribution in [-0.2, 0) is 10.0 Å². The first-order chi connectivity index (χ1) is 8.30. The van der Waals surface area contributed by atoms with E-state index >= 15 is 0 Å². The summed E-state index contributed by atoms with van der Waals surface area (Å²) in [6.45, 7) is 11.2. The van der Waals surface area contributed by atoms with Gasteiger partial charge in [0.05, 0.1) is 18.8 Å². The standard InChI is InChI=1S/C13H26N2O2S/c1-6-11-18(16,17)14-9-7-8-10-15(12(2)3)13(4)5/h12-14H,6,9-11H2,1-5H3. The lowest BCUT2D eigenvalue weighted by atomic mass is 10.2. The average Bonchev–Trinajstić information content (AvgIpc) is 2.21. The summed E-state index contributed by atoms with van der Waals surface area (Å²) in [6.07, 6.45) is 0.622. The van der Waals surface area contributed by atoms with Gasteiger partial charge in [0.25, 0.3) is 0 Å². The third-order valence-corrected chi connectivity index (χ3v) is 4.10. The van der Waals surface area contributed by atoms with Gasteiger partial charge in [0.2, 0.25) is 10.0 Å². The van der Waals surface area contributed by atoms with Crippen molar-refractivity contribution < 1.29 is 8.42 Å². The molecule has 0 aromatic rings. The van der Waals surface area contributed by atoms with Gasteiger partial charge in [0.15, 0.2) is 0 Å². The molecule has 18 heavy (non-hydrogen) atoms. The third-order valence-electron chi connectivity index (χ3n) is 2.57. The largest absolute Gasteiger partial charge is 0.287 e. The number of nitrogens with zero attached hydrogens (tertiary/aromatic N) is 1. The maximum Gasteiger partial charge on any atom is 0.212 e. The Morgan fingerprint density at radius 1 is 1.11 bits per heavy atom. The van der Waals surface area contributed by atoms with Gasteiger partial charge >= 0.3 is 0 Å². The Morgan fingerprint density at radius 3 is 2.11 bits per heavy atom. The van der Waals surface area contributed by atoms with Gasteiger partial charge in [-0.05, 0) is 34.1 Å². The number of hydrogen-bond donors (Lipinski definition) is 1. The summed E-state index contributed by atoms with van der Waals surface area (Å²) in [7, 11) is -3.13. The molecular formula is C13H26N2O2S. The smallest absolute Gasteiger partial charge is 0.212 e. The molecule has 0 aromatic heterocycles. The highest BCUT2D eigenvalue weighted by Crippen LogP contribution is 2.02. The van der Waals surface area contributed by atoms with Crippen LogP contribution in [0.3, 0.4) is 0 Å². The summed E-state index contributed by atoms with van der Waals surface area (Å²) in [5, 5.41) is 0. The Kier molecular flexibility index (Phi) is 8.25. The van der Waals surface area contributed by atoms with Gasteiger partial charge in [-0.25, -0.2) is 13.1 Å². The quantitative estimate of drug-likeness (QED) is 0.715. The molecule has 0 amide bonds. The Balaban J connectivity index is 4.13. The van der Waals surface area contributed by atoms with Gasteiger partial charge in [-0.3, -0.25) is 4.90 Å². The van der Waals surface area contributed by atoms with E-state index in [1.54, 1.807) is 0 Å². The van der Waals surface area contributed by atoms with E-state index in [4.69, 9.17) is 0 Å². The zero-order chi connectivity index (χ0) is 14.2. The molecule has 5 heteroatoms. The fraction of sp³-hybridized carbons (Fsp3) is 0.846. The first-order valence-electron chi connectivity index (χ1n) is 6.49. The van der Waals surface area contributed by atoms with Crippen LogP contribution in [0.25, 0.3) is 0 Å². The van der Waals surface area contributed by atoms with Crippen LogP contribution in [0, 0.1) is 11.8 Å². The van der Waals surface area contributed by atoms with Crippen molar-refractivity contribution in [2.45, 2.75) is 53.1 Å². The van der Waals surface area contributed by atoms with Crippen molar-refractivity contribution in [1.29, 1.82) is 0 Å². The van der Waals surface area contributed by atoms with Gasteiger partial charge in [-0.2, -0.15) is 0 Å². The monoisotopic (exact) mass is 274 g/mol. The van der Waals surface area contributed by atoms with E-state index in [0.717, 1.165) is 0 Å². The van der Waals surface area contributed by atoms with E-state index in [-0.39, 0.29) is 12.3 Å². The fourth-order valence-electron chi connectivity index (χ4n) is 1.66. The molecule has 0 aliphatic carbocycles. The second-order valence-electron chi connectivity index (χ2n) is 4.85. The van der Waals surface area contributed by atoms with Crippen molar-refractivity contribution in [3.05, 3.63) is 0 Å². The van der Waals surface area contributed by atoms with Crippen LogP contribution in [-0.4, -0.2) is 44.2 Å². The molecule has 4 nitrogen and oxygen atoms in total. The minimum absolute atomic E-state index is 0.165. The van der Waals surface area contributed by atoms with Crippen LogP contribution in [0.1, 0.15) is 41.0 Å². The summed E-state index contributed by atoms with van der Waals surface area (Å²) >= 11 is 0. The summed E-state index contributed by atoms with van der Waals surface area (Å²) < 4.78 is 25.2. The topological polar surface area (TPSA) is 49.4 Å². The molecule has 0 rings (SSSR count). The predicted octanol–water partition coefficient (Wildman–Crippen LogP) is 1.44. The summed E-state index contributed by atoms with van der Waals surface area (Å²) in [6, 6.07) is 0.882. The number of nitrogens with one attached hydrogen (secondary N) is 1. The highest BCUT2D eigenvalue weighted by molar-refractivity contribution is 7.89. The van der Waals surface area contributed by atoms with E-state index < -0.39 is 10.0 Å². The van der Waals surface area contributed by atoms with Gasteiger partial charge in [-0.15, -0.1) is 0 Å². The molecule has 0 aliphatic rings. The molecule has 0 spiro atoms. The Hall–Kier alpha value is -0.570. The molecule has 0 fully saturated rings. The van der Waals surface area contributed by atoms with E-state index in [0.29, 0.717) is 25.0 Å². The molecule has 0 radical (unpaired) electrons. The fourth-order valence-corrected chi connectivity index (χ4v) is 2.63. The van der Waals surface area contributed by atoms with Gasteiger partial charge in [0, 0.05) is 12.1 Å². The number of hydrogen-bond acceptors (Lipinski definition) is 3. The van der Waals surface area contributed by atoms with Crippen molar-refractivity contribution >= 4 is 10.0 Å². The molecule has 0 bridgehead atoms. The first-order valence-corrected chi connectivity index (χ1v) is 8.14. The van der Waals surface area contributed by atoms with E-state index in [9.17, 15) is 8.42 Å². The van der Waals surface area contributed by atoms with Crippen molar-refractivity contribution in [2.75, 3.05) is 18.8 Å². The van der Waals surface area contributed by atoms with Crippen LogP contribution < -0.4 is 4.72 Å². The Morgan fingerprint density at radius 2 is 1.67 bits per heavy atom. The number of rotatable bonds is 7. The molecule has 0 saturated carbocycles. The molecule has 106 valence electrons. The lowest BCUT2D eigenvalue weighted by Crippen LogP contribution is -2.37. The van der Waals surface area contributed by atoms with Crippen LogP contribution in [0.4, 0.5) is 0 Å². The maximum atomic E-state index is 11.4. The molecule has 0 atom stereocenters. The summed E-state index contributed by atoms with van der Waals surface area (Å²) in [5.74, 6) is 6.04. The van der Waals surface area contributed by atoms with Gasteiger partial charge < -0.3 is 0 Å². The molecular weight excluding hydrogens is 248 g/mol. The van der Waals surface area contributed by atoms with Crippen LogP contribution >= 0.6 is 0 Å².